The third kappa shape index (κ3) is 7.91. The molecule has 7 nitrogen and oxygen atoms in total. The minimum atomic E-state index is -0.738. The second-order valence-electron chi connectivity index (χ2n) is 3.50. The van der Waals surface area contributed by atoms with Crippen LogP contribution in [0.1, 0.15) is 6.92 Å². The van der Waals surface area contributed by atoms with E-state index in [2.05, 4.69) is 28.6 Å². The topological polar surface area (TPSA) is 96.5 Å². The van der Waals surface area contributed by atoms with Gasteiger partial charge in [-0.15, -0.1) is 0 Å². The molecule has 0 aromatic rings. The zero-order valence-corrected chi connectivity index (χ0v) is 11.4. The van der Waals surface area contributed by atoms with Gasteiger partial charge in [-0.3, -0.25) is 14.4 Å². The first-order valence-electron chi connectivity index (χ1n) is 5.42. The predicted molar refractivity (Wildman–Crippen MR) is 69.4 cm³/mol. The van der Waals surface area contributed by atoms with Crippen molar-refractivity contribution < 1.29 is 19.1 Å². The minimum Gasteiger partial charge on any atom is -0.383 e. The molecule has 3 amide bonds. The van der Waals surface area contributed by atoms with Crippen molar-refractivity contribution in [2.45, 2.75) is 13.0 Å². The maximum atomic E-state index is 11.6. The molecule has 0 aliphatic heterocycles. The first kappa shape index (κ1) is 16.7. The molecular weight excluding hydrogens is 258 g/mol. The Morgan fingerprint density at radius 1 is 1.28 bits per heavy atom. The van der Waals surface area contributed by atoms with Gasteiger partial charge in [0.05, 0.1) is 13.2 Å². The van der Waals surface area contributed by atoms with Gasteiger partial charge in [-0.05, 0) is 0 Å². The number of carbonyl (C=O) groups is 3. The van der Waals surface area contributed by atoms with E-state index in [4.69, 9.17) is 4.74 Å². The van der Waals surface area contributed by atoms with Crippen molar-refractivity contribution in [2.24, 2.45) is 0 Å². The van der Waals surface area contributed by atoms with Gasteiger partial charge in [0.1, 0.15) is 6.04 Å². The van der Waals surface area contributed by atoms with Crippen molar-refractivity contribution >= 4 is 30.4 Å². The Balaban J connectivity index is 3.92. The lowest BCUT2D eigenvalue weighted by Crippen LogP contribution is -2.49. The SMILES string of the molecule is COCCNC(=O)CNC(=O)C(CS)NC(C)=O. The molecule has 0 rings (SSSR count). The summed E-state index contributed by atoms with van der Waals surface area (Å²) in [6.07, 6.45) is 0. The van der Waals surface area contributed by atoms with Crippen LogP contribution in [0.25, 0.3) is 0 Å². The van der Waals surface area contributed by atoms with E-state index in [1.807, 2.05) is 0 Å². The lowest BCUT2D eigenvalue weighted by molar-refractivity contribution is -0.129. The molecule has 0 aliphatic rings. The highest BCUT2D eigenvalue weighted by molar-refractivity contribution is 7.80. The fourth-order valence-electron chi connectivity index (χ4n) is 1.09. The van der Waals surface area contributed by atoms with E-state index in [-0.39, 0.29) is 24.1 Å². The van der Waals surface area contributed by atoms with Gasteiger partial charge in [0.25, 0.3) is 0 Å². The van der Waals surface area contributed by atoms with Crippen LogP contribution in [0.3, 0.4) is 0 Å². The third-order valence-corrected chi connectivity index (χ3v) is 2.29. The smallest absolute Gasteiger partial charge is 0.243 e. The number of carbonyl (C=O) groups excluding carboxylic acids is 3. The number of hydrogen-bond acceptors (Lipinski definition) is 5. The van der Waals surface area contributed by atoms with Gasteiger partial charge >= 0.3 is 0 Å². The van der Waals surface area contributed by atoms with E-state index in [0.29, 0.717) is 13.2 Å². The summed E-state index contributed by atoms with van der Waals surface area (Å²) in [4.78, 5) is 33.6. The first-order valence-corrected chi connectivity index (χ1v) is 6.05. The Bertz CT molecular complexity index is 299. The number of methoxy groups -OCH3 is 1. The molecule has 8 heteroatoms. The average Bonchev–Trinajstić information content (AvgIpc) is 2.33. The van der Waals surface area contributed by atoms with Crippen molar-refractivity contribution in [2.75, 3.05) is 32.6 Å². The van der Waals surface area contributed by atoms with Crippen LogP contribution in [0.15, 0.2) is 0 Å². The van der Waals surface area contributed by atoms with Gasteiger partial charge in [-0.1, -0.05) is 0 Å². The molecule has 1 unspecified atom stereocenters. The Labute approximate surface area is 111 Å². The lowest BCUT2D eigenvalue weighted by Gasteiger charge is -2.15. The third-order valence-electron chi connectivity index (χ3n) is 1.93. The van der Waals surface area contributed by atoms with Gasteiger partial charge in [-0.2, -0.15) is 12.6 Å². The molecule has 3 N–H and O–H groups in total. The average molecular weight is 277 g/mol. The molecule has 0 bridgehead atoms. The summed E-state index contributed by atoms with van der Waals surface area (Å²) < 4.78 is 4.76. The molecule has 0 aromatic heterocycles. The summed E-state index contributed by atoms with van der Waals surface area (Å²) in [6, 6.07) is -0.738. The van der Waals surface area contributed by atoms with Gasteiger partial charge in [0, 0.05) is 26.3 Å². The number of amides is 3. The van der Waals surface area contributed by atoms with Crippen molar-refractivity contribution in [1.29, 1.82) is 0 Å². The Hall–Kier alpha value is -1.28. The van der Waals surface area contributed by atoms with E-state index in [9.17, 15) is 14.4 Å². The molecule has 0 saturated carbocycles. The highest BCUT2D eigenvalue weighted by Crippen LogP contribution is 1.88. The Morgan fingerprint density at radius 2 is 1.94 bits per heavy atom. The largest absolute Gasteiger partial charge is 0.383 e. The predicted octanol–water partition coefficient (Wildman–Crippen LogP) is -1.70. The monoisotopic (exact) mass is 277 g/mol. The summed E-state index contributed by atoms with van der Waals surface area (Å²) in [5.41, 5.74) is 0. The second-order valence-corrected chi connectivity index (χ2v) is 3.86. The summed E-state index contributed by atoms with van der Waals surface area (Å²) in [5, 5.41) is 7.39. The molecule has 0 aliphatic carbocycles. The molecule has 0 spiro atoms. The first-order chi connectivity index (χ1) is 8.51. The highest BCUT2D eigenvalue weighted by atomic mass is 32.1. The number of rotatable bonds is 8. The fourth-order valence-corrected chi connectivity index (χ4v) is 1.34. The van der Waals surface area contributed by atoms with Crippen LogP contribution in [0, 0.1) is 0 Å². The van der Waals surface area contributed by atoms with Gasteiger partial charge < -0.3 is 20.7 Å². The van der Waals surface area contributed by atoms with Crippen molar-refractivity contribution in [3.8, 4) is 0 Å². The van der Waals surface area contributed by atoms with Crippen LogP contribution >= 0.6 is 12.6 Å². The van der Waals surface area contributed by atoms with Gasteiger partial charge in [0.15, 0.2) is 0 Å². The second kappa shape index (κ2) is 9.72. The molecule has 1 atom stereocenters. The van der Waals surface area contributed by atoms with Crippen LogP contribution in [0.5, 0.6) is 0 Å². The number of ether oxygens (including phenoxy) is 1. The van der Waals surface area contributed by atoms with Crippen molar-refractivity contribution in [1.82, 2.24) is 16.0 Å². The molecule has 104 valence electrons. The molecule has 0 radical (unpaired) electrons. The Kier molecular flexibility index (Phi) is 9.03. The van der Waals surface area contributed by atoms with E-state index in [1.54, 1.807) is 0 Å². The molecule has 0 saturated heterocycles. The standard InChI is InChI=1S/C10H19N3O4S/c1-7(14)13-8(6-18)10(16)12-5-9(15)11-3-4-17-2/h8,18H,3-6H2,1-2H3,(H,11,15)(H,12,16)(H,13,14). The van der Waals surface area contributed by atoms with E-state index < -0.39 is 11.9 Å². The fraction of sp³-hybridized carbons (Fsp3) is 0.700. The number of hydrogen-bond donors (Lipinski definition) is 4. The zero-order valence-electron chi connectivity index (χ0n) is 10.5. The van der Waals surface area contributed by atoms with Crippen molar-refractivity contribution in [3.05, 3.63) is 0 Å². The number of thiol groups is 1. The van der Waals surface area contributed by atoms with Gasteiger partial charge in [-0.25, -0.2) is 0 Å². The Morgan fingerprint density at radius 3 is 2.44 bits per heavy atom. The normalized spacial score (nSPS) is 11.5. The van der Waals surface area contributed by atoms with Crippen LogP contribution in [0.2, 0.25) is 0 Å². The lowest BCUT2D eigenvalue weighted by atomic mass is 10.3. The molecule has 0 heterocycles. The van der Waals surface area contributed by atoms with Crippen LogP contribution in [-0.2, 0) is 19.1 Å². The highest BCUT2D eigenvalue weighted by Gasteiger charge is 2.17. The zero-order chi connectivity index (χ0) is 14.0. The molecular formula is C10H19N3O4S. The quantitative estimate of drug-likeness (QED) is 0.314. The number of nitrogens with one attached hydrogen (secondary N) is 3. The van der Waals surface area contributed by atoms with Crippen LogP contribution < -0.4 is 16.0 Å². The summed E-state index contributed by atoms with van der Waals surface area (Å²) in [5.74, 6) is -0.923. The van der Waals surface area contributed by atoms with Crippen LogP contribution in [-0.4, -0.2) is 56.3 Å². The maximum Gasteiger partial charge on any atom is 0.243 e. The van der Waals surface area contributed by atoms with E-state index >= 15 is 0 Å². The van der Waals surface area contributed by atoms with Crippen molar-refractivity contribution in [3.63, 3.8) is 0 Å². The molecule has 0 fully saturated rings. The van der Waals surface area contributed by atoms with E-state index in [0.717, 1.165) is 0 Å². The van der Waals surface area contributed by atoms with Crippen LogP contribution in [0.4, 0.5) is 0 Å². The molecule has 0 aromatic carbocycles. The summed E-state index contributed by atoms with van der Waals surface area (Å²) >= 11 is 3.95. The maximum absolute atomic E-state index is 11.6. The summed E-state index contributed by atoms with van der Waals surface area (Å²) in [7, 11) is 1.53. The van der Waals surface area contributed by atoms with Gasteiger partial charge in [0.2, 0.25) is 17.7 Å². The van der Waals surface area contributed by atoms with E-state index in [1.165, 1.54) is 14.0 Å². The minimum absolute atomic E-state index is 0.146. The summed E-state index contributed by atoms with van der Waals surface area (Å²) in [6.45, 7) is 1.95. The molecule has 18 heavy (non-hydrogen) atoms.